The zero-order valence-corrected chi connectivity index (χ0v) is 16.4. The lowest BCUT2D eigenvalue weighted by Gasteiger charge is -2.11. The number of nitro groups is 1. The summed E-state index contributed by atoms with van der Waals surface area (Å²) in [5.41, 5.74) is 2.92. The second-order valence-corrected chi connectivity index (χ2v) is 6.35. The molecule has 0 saturated heterocycles. The van der Waals surface area contributed by atoms with Gasteiger partial charge in [-0.2, -0.15) is 5.10 Å². The van der Waals surface area contributed by atoms with Crippen molar-refractivity contribution in [1.82, 2.24) is 5.43 Å². The Morgan fingerprint density at radius 3 is 2.63 bits per heavy atom. The van der Waals surface area contributed by atoms with E-state index in [0.29, 0.717) is 12.4 Å². The average Bonchev–Trinajstić information content (AvgIpc) is 2.77. The Bertz CT molecular complexity index is 1080. The summed E-state index contributed by atoms with van der Waals surface area (Å²) in [6, 6.07) is 17.5. The molecule has 0 spiro atoms. The number of nitrogens with zero attached hydrogens (tertiary/aromatic N) is 2. The molecule has 0 aromatic heterocycles. The van der Waals surface area contributed by atoms with Gasteiger partial charge in [-0.1, -0.05) is 49.4 Å². The van der Waals surface area contributed by atoms with Gasteiger partial charge < -0.3 is 9.47 Å². The van der Waals surface area contributed by atoms with Gasteiger partial charge in [0.05, 0.1) is 17.7 Å². The highest BCUT2D eigenvalue weighted by Gasteiger charge is 2.14. The number of carbonyl (C=O) groups excluding carboxylic acids is 1. The maximum Gasteiger partial charge on any atom is 0.310 e. The molecule has 3 aromatic rings. The predicted octanol–water partition coefficient (Wildman–Crippen LogP) is 4.07. The van der Waals surface area contributed by atoms with Crippen molar-refractivity contribution in [2.45, 2.75) is 13.3 Å². The van der Waals surface area contributed by atoms with E-state index in [0.717, 1.165) is 22.8 Å². The molecular weight excluding hydrogens is 386 g/mol. The van der Waals surface area contributed by atoms with Gasteiger partial charge >= 0.3 is 5.69 Å². The number of benzene rings is 3. The van der Waals surface area contributed by atoms with Crippen LogP contribution in [0.2, 0.25) is 0 Å². The first-order valence-electron chi connectivity index (χ1n) is 9.43. The minimum absolute atomic E-state index is 0.0194. The minimum atomic E-state index is -0.566. The molecule has 1 amide bonds. The first kappa shape index (κ1) is 20.8. The van der Waals surface area contributed by atoms with Crippen molar-refractivity contribution in [3.8, 4) is 11.5 Å². The second-order valence-electron chi connectivity index (χ2n) is 6.35. The van der Waals surface area contributed by atoms with Gasteiger partial charge in [-0.3, -0.25) is 14.9 Å². The number of nitrogens with one attached hydrogen (secondary N) is 1. The number of para-hydroxylation sites is 2. The van der Waals surface area contributed by atoms with E-state index in [2.05, 4.69) is 10.5 Å². The molecule has 8 heteroatoms. The summed E-state index contributed by atoms with van der Waals surface area (Å²) in [5, 5.41) is 17.0. The molecule has 0 aliphatic carbocycles. The number of carbonyl (C=O) groups is 1. The third kappa shape index (κ3) is 5.11. The molecule has 0 saturated carbocycles. The maximum atomic E-state index is 12.1. The summed E-state index contributed by atoms with van der Waals surface area (Å²) in [6.07, 6.45) is 2.39. The van der Waals surface area contributed by atoms with Crippen molar-refractivity contribution in [2.75, 3.05) is 13.2 Å². The molecular formula is C22H21N3O5. The van der Waals surface area contributed by atoms with E-state index >= 15 is 0 Å². The van der Waals surface area contributed by atoms with Crippen molar-refractivity contribution in [3.63, 3.8) is 0 Å². The van der Waals surface area contributed by atoms with E-state index in [4.69, 9.17) is 9.47 Å². The molecule has 0 radical (unpaired) electrons. The molecule has 0 bridgehead atoms. The molecule has 8 nitrogen and oxygen atoms in total. The summed E-state index contributed by atoms with van der Waals surface area (Å²) in [5.74, 6) is 0.149. The van der Waals surface area contributed by atoms with E-state index in [-0.39, 0.29) is 11.4 Å². The van der Waals surface area contributed by atoms with E-state index in [1.165, 1.54) is 24.4 Å². The van der Waals surface area contributed by atoms with Crippen LogP contribution in [0, 0.1) is 10.1 Å². The van der Waals surface area contributed by atoms with Crippen LogP contribution in [0.5, 0.6) is 11.5 Å². The van der Waals surface area contributed by atoms with Crippen LogP contribution in [0.3, 0.4) is 0 Å². The second kappa shape index (κ2) is 10.0. The Labute approximate surface area is 173 Å². The minimum Gasteiger partial charge on any atom is -0.493 e. The van der Waals surface area contributed by atoms with Crippen LogP contribution >= 0.6 is 0 Å². The zero-order chi connectivity index (χ0) is 21.3. The summed E-state index contributed by atoms with van der Waals surface area (Å²) in [7, 11) is 0. The van der Waals surface area contributed by atoms with E-state index < -0.39 is 17.4 Å². The van der Waals surface area contributed by atoms with Crippen molar-refractivity contribution < 1.29 is 19.2 Å². The Hall–Kier alpha value is -3.94. The van der Waals surface area contributed by atoms with Crippen LogP contribution in [0.4, 0.5) is 5.69 Å². The Balaban J connectivity index is 1.69. The lowest BCUT2D eigenvalue weighted by molar-refractivity contribution is -0.385. The Morgan fingerprint density at radius 2 is 1.83 bits per heavy atom. The average molecular weight is 407 g/mol. The van der Waals surface area contributed by atoms with Crippen LogP contribution in [0.25, 0.3) is 10.8 Å². The molecule has 154 valence electrons. The first-order valence-corrected chi connectivity index (χ1v) is 9.43. The lowest BCUT2D eigenvalue weighted by atomic mass is 10.0. The van der Waals surface area contributed by atoms with Crippen molar-refractivity contribution in [3.05, 3.63) is 76.3 Å². The fraction of sp³-hybridized carbons (Fsp3) is 0.182. The van der Waals surface area contributed by atoms with Gasteiger partial charge in [-0.05, 0) is 29.3 Å². The van der Waals surface area contributed by atoms with Crippen LogP contribution in [-0.2, 0) is 4.79 Å². The fourth-order valence-electron chi connectivity index (χ4n) is 2.82. The van der Waals surface area contributed by atoms with Gasteiger partial charge in [0.2, 0.25) is 0 Å². The smallest absolute Gasteiger partial charge is 0.310 e. The maximum absolute atomic E-state index is 12.1. The Morgan fingerprint density at radius 1 is 1.07 bits per heavy atom. The van der Waals surface area contributed by atoms with Gasteiger partial charge in [0.25, 0.3) is 5.91 Å². The summed E-state index contributed by atoms with van der Waals surface area (Å²) in [4.78, 5) is 22.5. The number of hydrogen-bond donors (Lipinski definition) is 1. The number of nitro benzene ring substituents is 1. The summed E-state index contributed by atoms with van der Waals surface area (Å²) < 4.78 is 11.1. The fourth-order valence-corrected chi connectivity index (χ4v) is 2.82. The van der Waals surface area contributed by atoms with Crippen LogP contribution in [0.15, 0.2) is 65.8 Å². The van der Waals surface area contributed by atoms with E-state index in [1.807, 2.05) is 43.3 Å². The standard InChI is InChI=1S/C22H21N3O5/c1-2-13-29-20-12-11-16-7-3-4-8-17(16)18(20)14-23-24-22(26)15-30-21-10-6-5-9-19(21)25(27)28/h3-12,14H,2,13,15H2,1H3,(H,24,26)/b23-14-. The van der Waals surface area contributed by atoms with Gasteiger partial charge in [0.15, 0.2) is 12.4 Å². The normalized spacial score (nSPS) is 10.8. The van der Waals surface area contributed by atoms with Gasteiger partial charge in [-0.25, -0.2) is 5.43 Å². The Kier molecular flexibility index (Phi) is 6.94. The number of fused-ring (bicyclic) bond motifs is 1. The lowest BCUT2D eigenvalue weighted by Crippen LogP contribution is -2.24. The van der Waals surface area contributed by atoms with Crippen molar-refractivity contribution in [1.29, 1.82) is 0 Å². The van der Waals surface area contributed by atoms with E-state index in [9.17, 15) is 14.9 Å². The topological polar surface area (TPSA) is 103 Å². The number of amides is 1. The highest BCUT2D eigenvalue weighted by atomic mass is 16.6. The molecule has 30 heavy (non-hydrogen) atoms. The molecule has 0 unspecified atom stereocenters. The third-order valence-electron chi connectivity index (χ3n) is 4.20. The zero-order valence-electron chi connectivity index (χ0n) is 16.4. The van der Waals surface area contributed by atoms with Crippen molar-refractivity contribution >= 4 is 28.6 Å². The van der Waals surface area contributed by atoms with Gasteiger partial charge in [-0.15, -0.1) is 0 Å². The highest BCUT2D eigenvalue weighted by molar-refractivity contribution is 6.02. The van der Waals surface area contributed by atoms with E-state index in [1.54, 1.807) is 6.07 Å². The molecule has 1 N–H and O–H groups in total. The van der Waals surface area contributed by atoms with Crippen LogP contribution in [0.1, 0.15) is 18.9 Å². The van der Waals surface area contributed by atoms with Crippen LogP contribution in [-0.4, -0.2) is 30.3 Å². The number of rotatable bonds is 9. The van der Waals surface area contributed by atoms with Crippen molar-refractivity contribution in [2.24, 2.45) is 5.10 Å². The quantitative estimate of drug-likeness (QED) is 0.327. The molecule has 0 atom stereocenters. The van der Waals surface area contributed by atoms with Gasteiger partial charge in [0, 0.05) is 11.6 Å². The SMILES string of the molecule is CCCOc1ccc2ccccc2c1/C=N\NC(=O)COc1ccccc1[N+](=O)[O-]. The predicted molar refractivity (Wildman–Crippen MR) is 114 cm³/mol. The summed E-state index contributed by atoms with van der Waals surface area (Å²) in [6.45, 7) is 2.18. The summed E-state index contributed by atoms with van der Waals surface area (Å²) >= 11 is 0. The number of hydrogen-bond acceptors (Lipinski definition) is 6. The molecule has 3 aromatic carbocycles. The monoisotopic (exact) mass is 407 g/mol. The van der Waals surface area contributed by atoms with Gasteiger partial charge in [0.1, 0.15) is 5.75 Å². The highest BCUT2D eigenvalue weighted by Crippen LogP contribution is 2.27. The van der Waals surface area contributed by atoms with Crippen LogP contribution < -0.4 is 14.9 Å². The largest absolute Gasteiger partial charge is 0.493 e. The molecule has 3 rings (SSSR count). The molecule has 0 aliphatic rings. The molecule has 0 fully saturated rings. The third-order valence-corrected chi connectivity index (χ3v) is 4.20. The first-order chi connectivity index (χ1) is 14.6. The molecule has 0 aliphatic heterocycles. The number of ether oxygens (including phenoxy) is 2. The molecule has 0 heterocycles. The number of hydrazone groups is 1.